The summed E-state index contributed by atoms with van der Waals surface area (Å²) in [6, 6.07) is 3.41. The predicted octanol–water partition coefficient (Wildman–Crippen LogP) is 1.44. The summed E-state index contributed by atoms with van der Waals surface area (Å²) in [5.41, 5.74) is 2.15. The van der Waals surface area contributed by atoms with Crippen LogP contribution in [0.5, 0.6) is 0 Å². The minimum Gasteiger partial charge on any atom is -0.332 e. The molecule has 4 heterocycles. The van der Waals surface area contributed by atoms with Gasteiger partial charge in [-0.05, 0) is 31.0 Å². The van der Waals surface area contributed by atoms with Crippen LogP contribution in [0.25, 0.3) is 0 Å². The number of aromatic nitrogens is 3. The first-order chi connectivity index (χ1) is 12.8. The van der Waals surface area contributed by atoms with Crippen molar-refractivity contribution < 1.29 is 13.2 Å². The Morgan fingerprint density at radius 3 is 2.93 bits per heavy atom. The molecule has 1 atom stereocenters. The van der Waals surface area contributed by atoms with E-state index in [-0.39, 0.29) is 24.1 Å². The van der Waals surface area contributed by atoms with Gasteiger partial charge in [0, 0.05) is 18.8 Å². The van der Waals surface area contributed by atoms with Gasteiger partial charge in [-0.3, -0.25) is 13.8 Å². The first kappa shape index (κ1) is 18.2. The zero-order valence-electron chi connectivity index (χ0n) is 14.9. The van der Waals surface area contributed by atoms with Crippen LogP contribution in [0.1, 0.15) is 24.6 Å². The van der Waals surface area contributed by atoms with Crippen LogP contribution in [0.2, 0.25) is 5.15 Å². The highest BCUT2D eigenvalue weighted by molar-refractivity contribution is 7.93. The molecule has 0 N–H and O–H groups in total. The number of anilines is 1. The van der Waals surface area contributed by atoms with E-state index in [0.29, 0.717) is 36.9 Å². The van der Waals surface area contributed by atoms with Crippen molar-refractivity contribution in [3.63, 3.8) is 0 Å². The zero-order valence-corrected chi connectivity index (χ0v) is 16.4. The van der Waals surface area contributed by atoms with Crippen LogP contribution in [-0.2, 0) is 34.3 Å². The number of sulfonamides is 1. The third kappa shape index (κ3) is 3.41. The highest BCUT2D eigenvalue weighted by atomic mass is 35.5. The van der Waals surface area contributed by atoms with Crippen molar-refractivity contribution in [2.45, 2.75) is 38.9 Å². The van der Waals surface area contributed by atoms with Crippen LogP contribution in [-0.4, -0.2) is 52.3 Å². The van der Waals surface area contributed by atoms with Crippen molar-refractivity contribution in [3.05, 3.63) is 40.9 Å². The van der Waals surface area contributed by atoms with Gasteiger partial charge in [0.05, 0.1) is 42.8 Å². The number of hydrogen-bond donors (Lipinski definition) is 0. The van der Waals surface area contributed by atoms with Crippen LogP contribution >= 0.6 is 11.6 Å². The number of hydrogen-bond acceptors (Lipinski definition) is 5. The Labute approximate surface area is 162 Å². The second kappa shape index (κ2) is 6.79. The lowest BCUT2D eigenvalue weighted by Gasteiger charge is -2.35. The van der Waals surface area contributed by atoms with Gasteiger partial charge in [-0.25, -0.2) is 13.4 Å². The molecule has 0 aliphatic carbocycles. The fraction of sp³-hybridized carbons (Fsp3) is 0.471. The third-order valence-corrected chi connectivity index (χ3v) is 7.11. The lowest BCUT2D eigenvalue weighted by molar-refractivity contribution is -0.134. The summed E-state index contributed by atoms with van der Waals surface area (Å²) >= 11 is 5.91. The lowest BCUT2D eigenvalue weighted by atomic mass is 10.1. The van der Waals surface area contributed by atoms with Crippen molar-refractivity contribution in [1.29, 1.82) is 0 Å². The quantitative estimate of drug-likeness (QED) is 0.716. The minimum atomic E-state index is -3.29. The molecule has 0 radical (unpaired) electrons. The van der Waals surface area contributed by atoms with Crippen LogP contribution in [0, 0.1) is 0 Å². The number of carbonyl (C=O) groups excluding carboxylic acids is 1. The Morgan fingerprint density at radius 2 is 2.22 bits per heavy atom. The summed E-state index contributed by atoms with van der Waals surface area (Å²) in [5, 5.41) is 4.71. The van der Waals surface area contributed by atoms with E-state index < -0.39 is 10.0 Å². The Hall–Kier alpha value is -2.13. The van der Waals surface area contributed by atoms with Gasteiger partial charge >= 0.3 is 0 Å². The number of nitrogens with zero attached hydrogens (tertiary/aromatic N) is 5. The molecule has 2 aliphatic rings. The first-order valence-corrected chi connectivity index (χ1v) is 10.8. The maximum Gasteiger partial charge on any atom is 0.235 e. The summed E-state index contributed by atoms with van der Waals surface area (Å²) in [4.78, 5) is 18.6. The van der Waals surface area contributed by atoms with Gasteiger partial charge in [-0.2, -0.15) is 5.10 Å². The predicted molar refractivity (Wildman–Crippen MR) is 101 cm³/mol. The molecule has 27 heavy (non-hydrogen) atoms. The molecule has 0 unspecified atom stereocenters. The van der Waals surface area contributed by atoms with Gasteiger partial charge in [0.15, 0.2) is 0 Å². The Morgan fingerprint density at radius 1 is 1.41 bits per heavy atom. The topological polar surface area (TPSA) is 88.4 Å². The Kier molecular flexibility index (Phi) is 4.59. The fourth-order valence-corrected chi connectivity index (χ4v) is 5.44. The molecule has 2 aromatic rings. The number of pyridine rings is 1. The van der Waals surface area contributed by atoms with Gasteiger partial charge in [0.2, 0.25) is 15.9 Å². The molecule has 2 aliphatic heterocycles. The molecule has 0 saturated carbocycles. The van der Waals surface area contributed by atoms with Gasteiger partial charge in [0.1, 0.15) is 5.15 Å². The van der Waals surface area contributed by atoms with Gasteiger partial charge in [0.25, 0.3) is 0 Å². The van der Waals surface area contributed by atoms with E-state index in [0.717, 1.165) is 11.3 Å². The standard InChI is InChI=1S/C17H20ClN5O3S/c1-12-10-22-15(14(9-20-22)23-5-2-6-27(23,25)26)11-21(12)17(24)8-13-3-4-19-16(18)7-13/h3-4,7,9,12H,2,5-6,8,10-11H2,1H3/t12-/m0/s1. The van der Waals surface area contributed by atoms with E-state index in [4.69, 9.17) is 11.6 Å². The van der Waals surface area contributed by atoms with Crippen molar-refractivity contribution in [3.8, 4) is 0 Å². The molecule has 8 nitrogen and oxygen atoms in total. The van der Waals surface area contributed by atoms with Gasteiger partial charge < -0.3 is 4.90 Å². The summed E-state index contributed by atoms with van der Waals surface area (Å²) in [7, 11) is -3.29. The number of carbonyl (C=O) groups is 1. The second-order valence-corrected chi connectivity index (χ2v) is 9.33. The Bertz CT molecular complexity index is 990. The third-order valence-electron chi connectivity index (χ3n) is 5.05. The smallest absolute Gasteiger partial charge is 0.235 e. The summed E-state index contributed by atoms with van der Waals surface area (Å²) in [6.07, 6.45) is 4.00. The maximum absolute atomic E-state index is 12.9. The van der Waals surface area contributed by atoms with Crippen LogP contribution in [0.3, 0.4) is 0 Å². The van der Waals surface area contributed by atoms with Crippen molar-refractivity contribution in [2.24, 2.45) is 0 Å². The molecule has 0 aromatic carbocycles. The summed E-state index contributed by atoms with van der Waals surface area (Å²) in [5.74, 6) is 0.117. The summed E-state index contributed by atoms with van der Waals surface area (Å²) < 4.78 is 27.8. The van der Waals surface area contributed by atoms with E-state index in [2.05, 4.69) is 10.1 Å². The maximum atomic E-state index is 12.9. The Balaban J connectivity index is 1.58. The van der Waals surface area contributed by atoms with Crippen LogP contribution < -0.4 is 4.31 Å². The average Bonchev–Trinajstić information content (AvgIpc) is 3.15. The highest BCUT2D eigenvalue weighted by Crippen LogP contribution is 2.31. The van der Waals surface area contributed by atoms with E-state index in [9.17, 15) is 13.2 Å². The van der Waals surface area contributed by atoms with Gasteiger partial charge in [-0.1, -0.05) is 11.6 Å². The van der Waals surface area contributed by atoms with Crippen molar-refractivity contribution in [2.75, 3.05) is 16.6 Å². The number of fused-ring (bicyclic) bond motifs is 1. The van der Waals surface area contributed by atoms with E-state index in [1.165, 1.54) is 4.31 Å². The van der Waals surface area contributed by atoms with E-state index >= 15 is 0 Å². The highest BCUT2D eigenvalue weighted by Gasteiger charge is 2.35. The largest absolute Gasteiger partial charge is 0.332 e. The SMILES string of the molecule is C[C@H]1Cn2ncc(N3CCCS3(=O)=O)c2CN1C(=O)Cc1ccnc(Cl)c1. The second-order valence-electron chi connectivity index (χ2n) is 6.93. The molecular weight excluding hydrogens is 390 g/mol. The first-order valence-electron chi connectivity index (χ1n) is 8.80. The number of halogens is 1. The molecule has 1 fully saturated rings. The van der Waals surface area contributed by atoms with Gasteiger partial charge in [-0.15, -0.1) is 0 Å². The molecule has 144 valence electrons. The molecule has 1 amide bonds. The molecule has 0 bridgehead atoms. The molecule has 2 aromatic heterocycles. The normalized spacial score (nSPS) is 21.3. The monoisotopic (exact) mass is 409 g/mol. The molecule has 0 spiro atoms. The lowest BCUT2D eigenvalue weighted by Crippen LogP contribution is -2.46. The van der Waals surface area contributed by atoms with E-state index in [1.807, 2.05) is 6.92 Å². The van der Waals surface area contributed by atoms with Crippen molar-refractivity contribution >= 4 is 33.2 Å². The molecule has 10 heteroatoms. The molecule has 1 saturated heterocycles. The average molecular weight is 410 g/mol. The molecule has 4 rings (SSSR count). The number of rotatable bonds is 3. The van der Waals surface area contributed by atoms with Crippen LogP contribution in [0.15, 0.2) is 24.5 Å². The minimum absolute atomic E-state index is 0.0348. The van der Waals surface area contributed by atoms with E-state index in [1.54, 1.807) is 34.1 Å². The van der Waals surface area contributed by atoms with Crippen LogP contribution in [0.4, 0.5) is 5.69 Å². The zero-order chi connectivity index (χ0) is 19.2. The van der Waals surface area contributed by atoms with Crippen molar-refractivity contribution in [1.82, 2.24) is 19.7 Å². The summed E-state index contributed by atoms with van der Waals surface area (Å²) in [6.45, 7) is 3.29. The number of amides is 1. The fourth-order valence-electron chi connectivity index (χ4n) is 3.67. The molecular formula is C17H20ClN5O3S.